The minimum Gasteiger partial charge on any atom is -0.380 e. The molecule has 0 aliphatic rings. The van der Waals surface area contributed by atoms with Gasteiger partial charge in [-0.3, -0.25) is 0 Å². The van der Waals surface area contributed by atoms with Crippen LogP contribution in [0.15, 0.2) is 0 Å². The van der Waals surface area contributed by atoms with Gasteiger partial charge in [-0.05, 0) is 31.7 Å². The fourth-order valence-corrected chi connectivity index (χ4v) is 1.60. The fraction of sp³-hybridized carbons (Fsp3) is 1.00. The van der Waals surface area contributed by atoms with E-state index >= 15 is 0 Å². The van der Waals surface area contributed by atoms with Crippen LogP contribution in [0.1, 0.15) is 40.0 Å². The Morgan fingerprint density at radius 3 is 2.07 bits per heavy atom. The molecule has 0 bridgehead atoms. The average molecular weight is 216 g/mol. The monoisotopic (exact) mass is 216 g/mol. The normalized spacial score (nSPS) is 14.2. The highest BCUT2D eigenvalue weighted by Crippen LogP contribution is 2.25. The third-order valence-electron chi connectivity index (χ3n) is 3.61. The maximum Gasteiger partial charge on any atom is 0.0534 e. The minimum absolute atomic E-state index is 0.174. The number of ether oxygens (including phenoxy) is 1. The molecule has 0 aliphatic carbocycles. The molecule has 0 aromatic rings. The van der Waals surface area contributed by atoms with Gasteiger partial charge in [0.1, 0.15) is 0 Å². The lowest BCUT2D eigenvalue weighted by Gasteiger charge is -2.30. The molecule has 0 aliphatic heterocycles. The molecule has 0 heterocycles. The van der Waals surface area contributed by atoms with E-state index in [9.17, 15) is 0 Å². The summed E-state index contributed by atoms with van der Waals surface area (Å²) in [6.45, 7) is 9.47. The van der Waals surface area contributed by atoms with Crippen LogP contribution in [0.3, 0.4) is 0 Å². The van der Waals surface area contributed by atoms with Crippen LogP contribution >= 0.6 is 0 Å². The SMILES string of the molecule is CCC(CN)COCC(CC)(CC)CN. The summed E-state index contributed by atoms with van der Waals surface area (Å²) in [4.78, 5) is 0. The van der Waals surface area contributed by atoms with Crippen molar-refractivity contribution in [2.45, 2.75) is 40.0 Å². The Kier molecular flexibility index (Phi) is 8.02. The molecule has 0 radical (unpaired) electrons. The third kappa shape index (κ3) is 4.96. The second-order valence-corrected chi connectivity index (χ2v) is 4.44. The minimum atomic E-state index is 0.174. The molecule has 4 N–H and O–H groups in total. The van der Waals surface area contributed by atoms with Crippen LogP contribution in [0.2, 0.25) is 0 Å². The van der Waals surface area contributed by atoms with Crippen molar-refractivity contribution in [2.75, 3.05) is 26.3 Å². The Morgan fingerprint density at radius 1 is 1.13 bits per heavy atom. The van der Waals surface area contributed by atoms with Gasteiger partial charge in [0.05, 0.1) is 13.2 Å². The lowest BCUT2D eigenvalue weighted by Crippen LogP contribution is -2.35. The van der Waals surface area contributed by atoms with E-state index < -0.39 is 0 Å². The maximum atomic E-state index is 5.81. The summed E-state index contributed by atoms with van der Waals surface area (Å²) in [5.74, 6) is 0.495. The van der Waals surface area contributed by atoms with Gasteiger partial charge in [0.15, 0.2) is 0 Å². The molecule has 0 rings (SSSR count). The zero-order valence-corrected chi connectivity index (χ0v) is 10.6. The fourth-order valence-electron chi connectivity index (χ4n) is 1.60. The molecule has 3 nitrogen and oxygen atoms in total. The smallest absolute Gasteiger partial charge is 0.0534 e. The molecule has 1 unspecified atom stereocenters. The van der Waals surface area contributed by atoms with E-state index in [1.807, 2.05) is 0 Å². The van der Waals surface area contributed by atoms with E-state index in [4.69, 9.17) is 16.2 Å². The van der Waals surface area contributed by atoms with Crippen molar-refractivity contribution < 1.29 is 4.74 Å². The molecule has 0 aromatic carbocycles. The molecule has 92 valence electrons. The van der Waals surface area contributed by atoms with Crippen molar-refractivity contribution >= 4 is 0 Å². The lowest BCUT2D eigenvalue weighted by molar-refractivity contribution is 0.0245. The van der Waals surface area contributed by atoms with Gasteiger partial charge >= 0.3 is 0 Å². The summed E-state index contributed by atoms with van der Waals surface area (Å²) in [5, 5.41) is 0. The van der Waals surface area contributed by atoms with Crippen molar-refractivity contribution in [1.29, 1.82) is 0 Å². The summed E-state index contributed by atoms with van der Waals surface area (Å²) in [6, 6.07) is 0. The number of hydrogen-bond acceptors (Lipinski definition) is 3. The topological polar surface area (TPSA) is 61.3 Å². The molecule has 0 fully saturated rings. The van der Waals surface area contributed by atoms with E-state index in [0.29, 0.717) is 19.0 Å². The predicted octanol–water partition coefficient (Wildman–Crippen LogP) is 1.75. The molecular formula is C12H28N2O. The van der Waals surface area contributed by atoms with Crippen LogP contribution in [0.4, 0.5) is 0 Å². The van der Waals surface area contributed by atoms with Gasteiger partial charge in [-0.15, -0.1) is 0 Å². The highest BCUT2D eigenvalue weighted by atomic mass is 16.5. The van der Waals surface area contributed by atoms with Crippen molar-refractivity contribution in [3.63, 3.8) is 0 Å². The molecule has 0 spiro atoms. The van der Waals surface area contributed by atoms with E-state index in [-0.39, 0.29) is 5.41 Å². The van der Waals surface area contributed by atoms with Crippen LogP contribution in [0, 0.1) is 11.3 Å². The van der Waals surface area contributed by atoms with E-state index in [0.717, 1.165) is 32.5 Å². The third-order valence-corrected chi connectivity index (χ3v) is 3.61. The van der Waals surface area contributed by atoms with Gasteiger partial charge in [-0.2, -0.15) is 0 Å². The summed E-state index contributed by atoms with van der Waals surface area (Å²) in [6.07, 6.45) is 3.25. The number of hydrogen-bond donors (Lipinski definition) is 2. The Labute approximate surface area is 94.5 Å². The van der Waals surface area contributed by atoms with Crippen LogP contribution < -0.4 is 11.5 Å². The van der Waals surface area contributed by atoms with Gasteiger partial charge < -0.3 is 16.2 Å². The summed E-state index contributed by atoms with van der Waals surface area (Å²) >= 11 is 0. The molecular weight excluding hydrogens is 188 g/mol. The van der Waals surface area contributed by atoms with E-state index in [1.165, 1.54) is 0 Å². The molecule has 3 heteroatoms. The first kappa shape index (κ1) is 14.9. The summed E-state index contributed by atoms with van der Waals surface area (Å²) in [7, 11) is 0. The van der Waals surface area contributed by atoms with Crippen molar-refractivity contribution in [3.8, 4) is 0 Å². The van der Waals surface area contributed by atoms with Crippen LogP contribution in [0.5, 0.6) is 0 Å². The molecule has 0 aromatic heterocycles. The first-order valence-corrected chi connectivity index (χ1v) is 6.15. The maximum absolute atomic E-state index is 5.81. The zero-order valence-electron chi connectivity index (χ0n) is 10.6. The van der Waals surface area contributed by atoms with Crippen molar-refractivity contribution in [2.24, 2.45) is 22.8 Å². The Morgan fingerprint density at radius 2 is 1.73 bits per heavy atom. The van der Waals surface area contributed by atoms with Crippen LogP contribution in [0.25, 0.3) is 0 Å². The molecule has 0 amide bonds. The molecule has 15 heavy (non-hydrogen) atoms. The Balaban J connectivity index is 3.89. The van der Waals surface area contributed by atoms with Gasteiger partial charge in [0.2, 0.25) is 0 Å². The number of nitrogens with two attached hydrogens (primary N) is 2. The molecule has 0 saturated heterocycles. The highest BCUT2D eigenvalue weighted by Gasteiger charge is 2.24. The van der Waals surface area contributed by atoms with Crippen LogP contribution in [-0.2, 0) is 4.74 Å². The first-order valence-electron chi connectivity index (χ1n) is 6.15. The zero-order chi connectivity index (χ0) is 11.7. The van der Waals surface area contributed by atoms with Crippen molar-refractivity contribution in [1.82, 2.24) is 0 Å². The summed E-state index contributed by atoms with van der Waals surface area (Å²) < 4.78 is 5.76. The first-order chi connectivity index (χ1) is 7.17. The second-order valence-electron chi connectivity index (χ2n) is 4.44. The quantitative estimate of drug-likeness (QED) is 0.617. The summed E-state index contributed by atoms with van der Waals surface area (Å²) in [5.41, 5.74) is 11.6. The second kappa shape index (κ2) is 8.08. The molecule has 1 atom stereocenters. The van der Waals surface area contributed by atoms with Gasteiger partial charge in [-0.25, -0.2) is 0 Å². The van der Waals surface area contributed by atoms with Gasteiger partial charge in [-0.1, -0.05) is 20.8 Å². The standard InChI is InChI=1S/C12H28N2O/c1-4-11(7-13)8-15-10-12(5-2,6-3)9-14/h11H,4-10,13-14H2,1-3H3. The van der Waals surface area contributed by atoms with Crippen LogP contribution in [-0.4, -0.2) is 26.3 Å². The Hall–Kier alpha value is -0.120. The van der Waals surface area contributed by atoms with E-state index in [2.05, 4.69) is 20.8 Å². The highest BCUT2D eigenvalue weighted by molar-refractivity contribution is 4.77. The van der Waals surface area contributed by atoms with Crippen molar-refractivity contribution in [3.05, 3.63) is 0 Å². The van der Waals surface area contributed by atoms with Gasteiger partial charge in [0, 0.05) is 12.0 Å². The Bertz CT molecular complexity index is 134. The average Bonchev–Trinajstić information content (AvgIpc) is 2.31. The molecule has 0 saturated carbocycles. The lowest BCUT2D eigenvalue weighted by atomic mass is 9.83. The number of rotatable bonds is 9. The largest absolute Gasteiger partial charge is 0.380 e. The predicted molar refractivity (Wildman–Crippen MR) is 65.7 cm³/mol. The van der Waals surface area contributed by atoms with E-state index in [1.54, 1.807) is 0 Å². The van der Waals surface area contributed by atoms with Gasteiger partial charge in [0.25, 0.3) is 0 Å².